The number of nitrogens with one attached hydrogen (secondary N) is 2. The highest BCUT2D eigenvalue weighted by molar-refractivity contribution is 7.89. The van der Waals surface area contributed by atoms with Gasteiger partial charge < -0.3 is 19.5 Å². The van der Waals surface area contributed by atoms with Crippen LogP contribution in [0.3, 0.4) is 0 Å². The number of hydrogen-bond acceptors (Lipinski definition) is 6. The summed E-state index contributed by atoms with van der Waals surface area (Å²) in [6, 6.07) is 8.99. The highest BCUT2D eigenvalue weighted by Crippen LogP contribution is 2.37. The Labute approximate surface area is 165 Å². The normalized spacial score (nSPS) is 12.9. The monoisotopic (exact) mass is 414 g/mol. The van der Waals surface area contributed by atoms with E-state index in [1.54, 1.807) is 0 Å². The maximum absolute atomic E-state index is 12.9. The second-order valence-corrected chi connectivity index (χ2v) is 7.60. The molecule has 0 unspecified atom stereocenters. The zero-order chi connectivity index (χ0) is 18.7. The molecular weight excluding hydrogens is 392 g/mol. The van der Waals surface area contributed by atoms with Gasteiger partial charge in [0.15, 0.2) is 4.90 Å². The maximum Gasteiger partial charge on any atom is 0.248 e. The van der Waals surface area contributed by atoms with Gasteiger partial charge in [0.05, 0.1) is 21.3 Å². The largest absolute Gasteiger partial charge is 0.496 e. The van der Waals surface area contributed by atoms with Crippen LogP contribution in [0, 0.1) is 0 Å². The molecule has 1 aliphatic heterocycles. The minimum atomic E-state index is -3.85. The van der Waals surface area contributed by atoms with Crippen LogP contribution in [0.2, 0.25) is 0 Å². The lowest BCUT2D eigenvalue weighted by Gasteiger charge is -2.16. The highest BCUT2D eigenvalue weighted by atomic mass is 35.5. The quantitative estimate of drug-likeness (QED) is 0.722. The predicted octanol–water partition coefficient (Wildman–Crippen LogP) is 2.22. The molecule has 0 radical (unpaired) electrons. The van der Waals surface area contributed by atoms with Gasteiger partial charge in [-0.2, -0.15) is 0 Å². The first-order chi connectivity index (χ1) is 12.5. The van der Waals surface area contributed by atoms with Crippen LogP contribution in [-0.4, -0.2) is 29.7 Å². The third kappa shape index (κ3) is 4.47. The molecule has 7 nitrogen and oxygen atoms in total. The van der Waals surface area contributed by atoms with Gasteiger partial charge in [0.25, 0.3) is 0 Å². The van der Waals surface area contributed by atoms with Crippen molar-refractivity contribution in [2.45, 2.75) is 24.5 Å². The van der Waals surface area contributed by atoms with Gasteiger partial charge in [-0.25, -0.2) is 13.1 Å². The lowest BCUT2D eigenvalue weighted by atomic mass is 10.1. The first-order valence-corrected chi connectivity index (χ1v) is 9.58. The lowest BCUT2D eigenvalue weighted by Crippen LogP contribution is -2.24. The minimum Gasteiger partial charge on any atom is -0.496 e. The van der Waals surface area contributed by atoms with Crippen LogP contribution in [0.4, 0.5) is 0 Å². The molecule has 9 heteroatoms. The Morgan fingerprint density at radius 2 is 1.59 bits per heavy atom. The molecule has 2 aromatic carbocycles. The third-order valence-electron chi connectivity index (χ3n) is 4.31. The molecule has 0 amide bonds. The van der Waals surface area contributed by atoms with E-state index in [0.717, 1.165) is 18.7 Å². The summed E-state index contributed by atoms with van der Waals surface area (Å²) in [6.07, 6.45) is 0. The summed E-state index contributed by atoms with van der Waals surface area (Å²) in [4.78, 5) is -0.0499. The first kappa shape index (κ1) is 21.3. The average Bonchev–Trinajstić information content (AvgIpc) is 3.12. The van der Waals surface area contributed by atoms with E-state index in [0.29, 0.717) is 5.75 Å². The number of ether oxygens (including phenoxy) is 3. The Kier molecular flexibility index (Phi) is 6.94. The zero-order valence-corrected chi connectivity index (χ0v) is 17.0. The van der Waals surface area contributed by atoms with Crippen molar-refractivity contribution < 1.29 is 22.6 Å². The van der Waals surface area contributed by atoms with Crippen LogP contribution in [0.1, 0.15) is 16.7 Å². The number of sulfonamides is 1. The van der Waals surface area contributed by atoms with Crippen LogP contribution < -0.4 is 24.2 Å². The number of halogens is 1. The minimum absolute atomic E-state index is 0. The maximum atomic E-state index is 12.9. The van der Waals surface area contributed by atoms with E-state index in [2.05, 4.69) is 10.0 Å². The molecule has 0 saturated heterocycles. The van der Waals surface area contributed by atoms with Crippen LogP contribution >= 0.6 is 12.4 Å². The van der Waals surface area contributed by atoms with Crippen molar-refractivity contribution in [2.24, 2.45) is 0 Å². The molecule has 3 rings (SSSR count). The fourth-order valence-corrected chi connectivity index (χ4v) is 4.26. The van der Waals surface area contributed by atoms with Crippen molar-refractivity contribution in [2.75, 3.05) is 21.3 Å². The molecule has 1 heterocycles. The van der Waals surface area contributed by atoms with Gasteiger partial charge in [-0.1, -0.05) is 18.2 Å². The Hall–Kier alpha value is -2.00. The van der Waals surface area contributed by atoms with Crippen LogP contribution in [0.5, 0.6) is 17.2 Å². The first-order valence-electron chi connectivity index (χ1n) is 8.09. The molecule has 0 spiro atoms. The number of methoxy groups -OCH3 is 3. The molecule has 27 heavy (non-hydrogen) atoms. The van der Waals surface area contributed by atoms with Crippen molar-refractivity contribution in [3.05, 3.63) is 47.0 Å². The molecule has 2 aromatic rings. The average molecular weight is 415 g/mol. The topological polar surface area (TPSA) is 85.9 Å². The van der Waals surface area contributed by atoms with E-state index < -0.39 is 10.0 Å². The molecule has 0 atom stereocenters. The molecule has 1 aliphatic rings. The van der Waals surface area contributed by atoms with E-state index in [1.165, 1.54) is 44.6 Å². The van der Waals surface area contributed by atoms with Gasteiger partial charge >= 0.3 is 0 Å². The Balaban J connectivity index is 0.00000261. The molecule has 2 N–H and O–H groups in total. The zero-order valence-electron chi connectivity index (χ0n) is 15.4. The second kappa shape index (κ2) is 8.79. The second-order valence-electron chi connectivity index (χ2n) is 5.89. The van der Waals surface area contributed by atoms with Gasteiger partial charge in [0, 0.05) is 31.8 Å². The summed E-state index contributed by atoms with van der Waals surface area (Å²) in [5, 5.41) is 3.27. The van der Waals surface area contributed by atoms with E-state index in [-0.39, 0.29) is 35.3 Å². The van der Waals surface area contributed by atoms with Crippen molar-refractivity contribution in [1.82, 2.24) is 10.0 Å². The van der Waals surface area contributed by atoms with E-state index in [9.17, 15) is 8.42 Å². The van der Waals surface area contributed by atoms with Crippen molar-refractivity contribution in [3.63, 3.8) is 0 Å². The predicted molar refractivity (Wildman–Crippen MR) is 104 cm³/mol. The van der Waals surface area contributed by atoms with Gasteiger partial charge in [-0.05, 0) is 16.7 Å². The van der Waals surface area contributed by atoms with Gasteiger partial charge in [0.1, 0.15) is 17.2 Å². The van der Waals surface area contributed by atoms with Crippen molar-refractivity contribution >= 4 is 22.4 Å². The molecule has 0 fully saturated rings. The molecule has 0 aliphatic carbocycles. The fourth-order valence-electron chi connectivity index (χ4n) is 2.95. The highest BCUT2D eigenvalue weighted by Gasteiger charge is 2.26. The lowest BCUT2D eigenvalue weighted by molar-refractivity contribution is 0.358. The van der Waals surface area contributed by atoms with E-state index in [1.807, 2.05) is 18.2 Å². The third-order valence-corrected chi connectivity index (χ3v) is 5.77. The van der Waals surface area contributed by atoms with E-state index in [4.69, 9.17) is 14.2 Å². The number of benzene rings is 2. The van der Waals surface area contributed by atoms with Gasteiger partial charge in [-0.3, -0.25) is 0 Å². The van der Waals surface area contributed by atoms with Gasteiger partial charge in [-0.15, -0.1) is 12.4 Å². The van der Waals surface area contributed by atoms with Gasteiger partial charge in [0.2, 0.25) is 10.0 Å². The van der Waals surface area contributed by atoms with E-state index >= 15 is 0 Å². The summed E-state index contributed by atoms with van der Waals surface area (Å²) in [5.74, 6) is 0.766. The summed E-state index contributed by atoms with van der Waals surface area (Å²) in [6.45, 7) is 1.82. The van der Waals surface area contributed by atoms with Crippen molar-refractivity contribution in [1.29, 1.82) is 0 Å². The molecule has 0 saturated carbocycles. The Bertz CT molecular complexity index is 893. The molecular formula is C18H23ClN2O5S. The summed E-state index contributed by atoms with van der Waals surface area (Å²) < 4.78 is 44.0. The van der Waals surface area contributed by atoms with Crippen LogP contribution in [-0.2, 0) is 29.7 Å². The summed E-state index contributed by atoms with van der Waals surface area (Å²) in [7, 11) is 0.442. The fraction of sp³-hybridized carbons (Fsp3) is 0.333. The van der Waals surface area contributed by atoms with Crippen LogP contribution in [0.15, 0.2) is 35.2 Å². The SMILES string of the molecule is COc1cc(OC)c(S(=O)(=O)NCc2ccc3c(c2)CNC3)c(OC)c1.Cl. The summed E-state index contributed by atoms with van der Waals surface area (Å²) >= 11 is 0. The van der Waals surface area contributed by atoms with Crippen LogP contribution in [0.25, 0.3) is 0 Å². The molecule has 0 bridgehead atoms. The molecule has 0 aromatic heterocycles. The standard InChI is InChI=1S/C18H22N2O5S.ClH/c1-23-15-7-16(24-2)18(17(8-15)25-3)26(21,22)20-9-12-4-5-13-10-19-11-14(13)6-12;/h4-8,19-20H,9-11H2,1-3H3;1H. The summed E-state index contributed by atoms with van der Waals surface area (Å²) in [5.41, 5.74) is 3.33. The number of fused-ring (bicyclic) bond motifs is 1. The Morgan fingerprint density at radius 3 is 2.19 bits per heavy atom. The molecule has 148 valence electrons. The number of hydrogen-bond donors (Lipinski definition) is 2. The smallest absolute Gasteiger partial charge is 0.248 e. The Morgan fingerprint density at radius 1 is 0.963 bits per heavy atom. The number of rotatable bonds is 7. The van der Waals surface area contributed by atoms with Crippen molar-refractivity contribution in [3.8, 4) is 17.2 Å².